The van der Waals surface area contributed by atoms with Gasteiger partial charge in [0.25, 0.3) is 0 Å². The van der Waals surface area contributed by atoms with Crippen molar-refractivity contribution in [3.63, 3.8) is 0 Å². The van der Waals surface area contributed by atoms with E-state index in [4.69, 9.17) is 0 Å². The van der Waals surface area contributed by atoms with Crippen LogP contribution in [0.15, 0.2) is 30.3 Å². The largest absolute Gasteiger partial charge is 0.192 e. The van der Waals surface area contributed by atoms with Crippen molar-refractivity contribution in [3.8, 4) is 6.07 Å². The number of hydrogen-bond acceptors (Lipinski definition) is 1. The Labute approximate surface area is 109 Å². The quantitative estimate of drug-likeness (QED) is 0.724. The van der Waals surface area contributed by atoms with Crippen LogP contribution in [-0.2, 0) is 0 Å². The molecule has 0 fully saturated rings. The van der Waals surface area contributed by atoms with Crippen LogP contribution in [0.1, 0.15) is 56.2 Å². The third-order valence-electron chi connectivity index (χ3n) is 3.44. The van der Waals surface area contributed by atoms with E-state index in [1.165, 1.54) is 16.5 Å². The second-order valence-corrected chi connectivity index (χ2v) is 5.44. The summed E-state index contributed by atoms with van der Waals surface area (Å²) in [5.41, 5.74) is 3.42. The zero-order chi connectivity index (χ0) is 13.3. The van der Waals surface area contributed by atoms with Crippen LogP contribution in [0.4, 0.5) is 0 Å². The van der Waals surface area contributed by atoms with Crippen molar-refractivity contribution in [2.45, 2.75) is 39.5 Å². The van der Waals surface area contributed by atoms with Crippen LogP contribution in [0.25, 0.3) is 10.8 Å². The van der Waals surface area contributed by atoms with Gasteiger partial charge in [-0.1, -0.05) is 52.0 Å². The first-order valence-corrected chi connectivity index (χ1v) is 6.51. The van der Waals surface area contributed by atoms with E-state index in [2.05, 4.69) is 52.0 Å². The molecule has 1 nitrogen and oxygen atoms in total. The second kappa shape index (κ2) is 4.82. The third-order valence-corrected chi connectivity index (χ3v) is 3.44. The summed E-state index contributed by atoms with van der Waals surface area (Å²) in [5, 5.41) is 11.6. The number of fused-ring (bicyclic) bond motifs is 1. The van der Waals surface area contributed by atoms with Gasteiger partial charge in [0, 0.05) is 5.39 Å². The Hall–Kier alpha value is -1.81. The molecule has 0 radical (unpaired) electrons. The molecule has 0 heterocycles. The Balaban J connectivity index is 2.87. The van der Waals surface area contributed by atoms with Gasteiger partial charge < -0.3 is 0 Å². The van der Waals surface area contributed by atoms with Crippen molar-refractivity contribution >= 4 is 10.8 Å². The molecule has 0 aliphatic carbocycles. The van der Waals surface area contributed by atoms with E-state index in [0.717, 1.165) is 10.9 Å². The van der Waals surface area contributed by atoms with Gasteiger partial charge in [0.15, 0.2) is 0 Å². The normalized spacial score (nSPS) is 11.2. The first-order valence-electron chi connectivity index (χ1n) is 6.51. The number of hydrogen-bond donors (Lipinski definition) is 0. The Bertz CT molecular complexity index is 615. The highest BCUT2D eigenvalue weighted by Crippen LogP contribution is 2.32. The molecular formula is C17H19N. The predicted octanol–water partition coefficient (Wildman–Crippen LogP) is 4.96. The maximum atomic E-state index is 9.27. The molecule has 0 saturated heterocycles. The maximum absolute atomic E-state index is 9.27. The fraction of sp³-hybridized carbons (Fsp3) is 0.353. The van der Waals surface area contributed by atoms with E-state index in [1.807, 2.05) is 12.1 Å². The number of benzene rings is 2. The van der Waals surface area contributed by atoms with Crippen LogP contribution in [0, 0.1) is 11.3 Å². The average molecular weight is 237 g/mol. The highest BCUT2D eigenvalue weighted by molar-refractivity contribution is 5.92. The van der Waals surface area contributed by atoms with E-state index in [1.54, 1.807) is 0 Å². The van der Waals surface area contributed by atoms with Gasteiger partial charge in [-0.2, -0.15) is 5.26 Å². The SMILES string of the molecule is CC(C)c1cc(C(C)C)c2c(C#N)cccc2c1. The van der Waals surface area contributed by atoms with Crippen molar-refractivity contribution in [2.75, 3.05) is 0 Å². The molecule has 0 saturated carbocycles. The third kappa shape index (κ3) is 2.11. The van der Waals surface area contributed by atoms with E-state index in [-0.39, 0.29) is 0 Å². The monoisotopic (exact) mass is 237 g/mol. The minimum atomic E-state index is 0.431. The highest BCUT2D eigenvalue weighted by atomic mass is 14.3. The Morgan fingerprint density at radius 3 is 2.28 bits per heavy atom. The molecule has 0 spiro atoms. The van der Waals surface area contributed by atoms with Crippen LogP contribution < -0.4 is 0 Å². The molecule has 2 aromatic carbocycles. The first kappa shape index (κ1) is 12.6. The molecule has 2 aromatic rings. The van der Waals surface area contributed by atoms with Crippen molar-refractivity contribution in [3.05, 3.63) is 47.0 Å². The fourth-order valence-electron chi connectivity index (χ4n) is 2.37. The standard InChI is InChI=1S/C17H19N/c1-11(2)15-8-13-6-5-7-14(10-18)17(13)16(9-15)12(3)4/h5-9,11-12H,1-4H3. The lowest BCUT2D eigenvalue weighted by Crippen LogP contribution is -1.97. The summed E-state index contributed by atoms with van der Waals surface area (Å²) in [6.45, 7) is 8.79. The number of rotatable bonds is 2. The molecule has 0 bridgehead atoms. The zero-order valence-corrected chi connectivity index (χ0v) is 11.5. The summed E-state index contributed by atoms with van der Waals surface area (Å²) in [4.78, 5) is 0. The fourth-order valence-corrected chi connectivity index (χ4v) is 2.37. The molecule has 92 valence electrons. The molecule has 0 N–H and O–H groups in total. The Kier molecular flexibility index (Phi) is 3.39. The topological polar surface area (TPSA) is 23.8 Å². The molecule has 0 unspecified atom stereocenters. The number of nitriles is 1. The van der Waals surface area contributed by atoms with E-state index in [9.17, 15) is 5.26 Å². The van der Waals surface area contributed by atoms with Crippen molar-refractivity contribution in [2.24, 2.45) is 0 Å². The zero-order valence-electron chi connectivity index (χ0n) is 11.5. The van der Waals surface area contributed by atoms with Gasteiger partial charge in [0.2, 0.25) is 0 Å². The molecular weight excluding hydrogens is 218 g/mol. The van der Waals surface area contributed by atoms with Crippen molar-refractivity contribution < 1.29 is 0 Å². The lowest BCUT2D eigenvalue weighted by atomic mass is 9.88. The predicted molar refractivity (Wildman–Crippen MR) is 76.8 cm³/mol. The lowest BCUT2D eigenvalue weighted by molar-refractivity contribution is 0.841. The van der Waals surface area contributed by atoms with Gasteiger partial charge in [-0.25, -0.2) is 0 Å². The summed E-state index contributed by atoms with van der Waals surface area (Å²) < 4.78 is 0. The average Bonchev–Trinajstić information content (AvgIpc) is 2.36. The smallest absolute Gasteiger partial charge is 0.0998 e. The molecule has 1 heteroatoms. The molecule has 0 aliphatic heterocycles. The summed E-state index contributed by atoms with van der Waals surface area (Å²) >= 11 is 0. The molecule has 0 aromatic heterocycles. The van der Waals surface area contributed by atoms with E-state index < -0.39 is 0 Å². The van der Waals surface area contributed by atoms with Gasteiger partial charge in [-0.3, -0.25) is 0 Å². The van der Waals surface area contributed by atoms with Gasteiger partial charge in [0.1, 0.15) is 0 Å². The van der Waals surface area contributed by atoms with Gasteiger partial charge in [-0.15, -0.1) is 0 Å². The van der Waals surface area contributed by atoms with Crippen LogP contribution >= 0.6 is 0 Å². The molecule has 0 amide bonds. The first-order chi connectivity index (χ1) is 8.54. The van der Waals surface area contributed by atoms with Crippen LogP contribution in [0.5, 0.6) is 0 Å². The van der Waals surface area contributed by atoms with Gasteiger partial charge in [-0.05, 0) is 34.4 Å². The van der Waals surface area contributed by atoms with E-state index in [0.29, 0.717) is 11.8 Å². The Morgan fingerprint density at radius 2 is 1.72 bits per heavy atom. The Morgan fingerprint density at radius 1 is 1.00 bits per heavy atom. The second-order valence-electron chi connectivity index (χ2n) is 5.44. The van der Waals surface area contributed by atoms with Crippen LogP contribution in [-0.4, -0.2) is 0 Å². The minimum Gasteiger partial charge on any atom is -0.192 e. The summed E-state index contributed by atoms with van der Waals surface area (Å²) in [7, 11) is 0. The van der Waals surface area contributed by atoms with E-state index >= 15 is 0 Å². The summed E-state index contributed by atoms with van der Waals surface area (Å²) in [6, 6.07) is 12.8. The maximum Gasteiger partial charge on any atom is 0.0998 e. The molecule has 0 atom stereocenters. The molecule has 2 rings (SSSR count). The van der Waals surface area contributed by atoms with Crippen LogP contribution in [0.3, 0.4) is 0 Å². The highest BCUT2D eigenvalue weighted by Gasteiger charge is 2.12. The minimum absolute atomic E-state index is 0.431. The van der Waals surface area contributed by atoms with Crippen molar-refractivity contribution in [1.82, 2.24) is 0 Å². The van der Waals surface area contributed by atoms with Gasteiger partial charge >= 0.3 is 0 Å². The molecule has 0 aliphatic rings. The molecule has 18 heavy (non-hydrogen) atoms. The van der Waals surface area contributed by atoms with Gasteiger partial charge in [0.05, 0.1) is 11.6 Å². The van der Waals surface area contributed by atoms with Crippen molar-refractivity contribution in [1.29, 1.82) is 5.26 Å². The summed E-state index contributed by atoms with van der Waals surface area (Å²) in [5.74, 6) is 0.943. The number of nitrogens with zero attached hydrogens (tertiary/aromatic N) is 1. The lowest BCUT2D eigenvalue weighted by Gasteiger charge is -2.16. The van der Waals surface area contributed by atoms with Crippen LogP contribution in [0.2, 0.25) is 0 Å². The summed E-state index contributed by atoms with van der Waals surface area (Å²) in [6.07, 6.45) is 0.